The molecule has 0 aromatic heterocycles. The smallest absolute Gasteiger partial charge is 0.243 e. The summed E-state index contributed by atoms with van der Waals surface area (Å²) in [6, 6.07) is 20.6. The molecule has 0 spiro atoms. The first-order valence-corrected chi connectivity index (χ1v) is 11.7. The van der Waals surface area contributed by atoms with Gasteiger partial charge in [-0.05, 0) is 43.3 Å². The van der Waals surface area contributed by atoms with Crippen molar-refractivity contribution < 1.29 is 14.3 Å². The van der Waals surface area contributed by atoms with Crippen LogP contribution in [0, 0.1) is 12.8 Å². The predicted octanol–water partition coefficient (Wildman–Crippen LogP) is 5.49. The number of benzene rings is 3. The van der Waals surface area contributed by atoms with E-state index in [1.54, 1.807) is 17.0 Å². The predicted molar refractivity (Wildman–Crippen MR) is 133 cm³/mol. The second kappa shape index (κ2) is 10.3. The molecule has 1 saturated heterocycles. The van der Waals surface area contributed by atoms with E-state index in [0.29, 0.717) is 23.0 Å². The topological polar surface area (TPSA) is 70.7 Å². The summed E-state index contributed by atoms with van der Waals surface area (Å²) in [4.78, 5) is 26.9. The van der Waals surface area contributed by atoms with Crippen LogP contribution in [0.4, 0.5) is 11.4 Å². The molecule has 1 atom stereocenters. The molecule has 8 heteroatoms. The Bertz CT molecular complexity index is 1170. The van der Waals surface area contributed by atoms with Crippen molar-refractivity contribution >= 4 is 50.7 Å². The number of carbonyl (C=O) groups excluding carboxylic acids is 2. The van der Waals surface area contributed by atoms with E-state index < -0.39 is 5.92 Å². The third-order valence-electron chi connectivity index (χ3n) is 5.44. The number of aryl methyl sites for hydroxylation is 1. The maximum Gasteiger partial charge on any atom is 0.243 e. The van der Waals surface area contributed by atoms with E-state index in [1.165, 1.54) is 0 Å². The molecule has 0 aliphatic carbocycles. The molecular formula is C25H23BrClN3O3. The van der Waals surface area contributed by atoms with Crippen molar-refractivity contribution in [2.45, 2.75) is 20.0 Å². The number of rotatable bonds is 7. The van der Waals surface area contributed by atoms with Gasteiger partial charge in [0.1, 0.15) is 12.4 Å². The highest BCUT2D eigenvalue weighted by molar-refractivity contribution is 9.10. The number of nitrogens with zero attached hydrogens (tertiary/aromatic N) is 1. The molecule has 1 aliphatic heterocycles. The number of ether oxygens (including phenoxy) is 1. The molecular weight excluding hydrogens is 506 g/mol. The van der Waals surface area contributed by atoms with Crippen LogP contribution in [-0.4, -0.2) is 18.4 Å². The molecule has 1 fully saturated rings. The second-order valence-electron chi connectivity index (χ2n) is 7.88. The van der Waals surface area contributed by atoms with Gasteiger partial charge in [-0.2, -0.15) is 0 Å². The third kappa shape index (κ3) is 5.67. The average molecular weight is 529 g/mol. The first-order chi connectivity index (χ1) is 15.9. The highest BCUT2D eigenvalue weighted by Crippen LogP contribution is 2.30. The Morgan fingerprint density at radius 3 is 2.67 bits per heavy atom. The van der Waals surface area contributed by atoms with E-state index in [0.717, 1.165) is 21.3 Å². The first-order valence-electron chi connectivity index (χ1n) is 10.5. The fraction of sp³-hybridized carbons (Fsp3) is 0.200. The summed E-state index contributed by atoms with van der Waals surface area (Å²) in [5.74, 6) is -0.214. The number of hydrazine groups is 1. The Labute approximate surface area is 206 Å². The number of nitrogens with one attached hydrogen (secondary N) is 2. The zero-order valence-corrected chi connectivity index (χ0v) is 20.3. The van der Waals surface area contributed by atoms with E-state index in [4.69, 9.17) is 16.3 Å². The Balaban J connectivity index is 1.39. The molecule has 1 aliphatic rings. The lowest BCUT2D eigenvalue weighted by Crippen LogP contribution is -2.36. The lowest BCUT2D eigenvalue weighted by Gasteiger charge is -2.18. The van der Waals surface area contributed by atoms with Gasteiger partial charge >= 0.3 is 0 Å². The van der Waals surface area contributed by atoms with Gasteiger partial charge < -0.3 is 9.64 Å². The second-order valence-corrected chi connectivity index (χ2v) is 9.20. The minimum atomic E-state index is -0.453. The Morgan fingerprint density at radius 1 is 1.15 bits per heavy atom. The molecule has 0 unspecified atom stereocenters. The van der Waals surface area contributed by atoms with E-state index in [-0.39, 0.29) is 24.8 Å². The van der Waals surface area contributed by atoms with E-state index in [2.05, 4.69) is 26.8 Å². The molecule has 3 aromatic rings. The van der Waals surface area contributed by atoms with Gasteiger partial charge in [0.25, 0.3) is 0 Å². The molecule has 2 amide bonds. The molecule has 0 radical (unpaired) electrons. The SMILES string of the molecule is Cc1ccc(N2C[C@@H](C(=O)NNc3cc(Br)ccc3OCc3ccccc3Cl)CC2=O)cc1. The van der Waals surface area contributed by atoms with Crippen LogP contribution in [0.2, 0.25) is 5.02 Å². The summed E-state index contributed by atoms with van der Waals surface area (Å²) in [5.41, 5.74) is 9.03. The van der Waals surface area contributed by atoms with Gasteiger partial charge in [-0.25, -0.2) is 0 Å². The molecule has 1 heterocycles. The number of carbonyl (C=O) groups is 2. The van der Waals surface area contributed by atoms with Crippen molar-refractivity contribution in [3.05, 3.63) is 87.4 Å². The Morgan fingerprint density at radius 2 is 1.91 bits per heavy atom. The number of hydrogen-bond acceptors (Lipinski definition) is 4. The number of anilines is 2. The number of hydrogen-bond donors (Lipinski definition) is 2. The zero-order valence-electron chi connectivity index (χ0n) is 18.0. The van der Waals surface area contributed by atoms with Crippen molar-refractivity contribution in [1.29, 1.82) is 0 Å². The highest BCUT2D eigenvalue weighted by Gasteiger charge is 2.35. The molecule has 170 valence electrons. The van der Waals surface area contributed by atoms with Gasteiger partial charge in [0.05, 0.1) is 11.6 Å². The largest absolute Gasteiger partial charge is 0.487 e. The van der Waals surface area contributed by atoms with Crippen molar-refractivity contribution in [3.8, 4) is 5.75 Å². The summed E-state index contributed by atoms with van der Waals surface area (Å²) in [6.45, 7) is 2.61. The molecule has 0 saturated carbocycles. The van der Waals surface area contributed by atoms with Crippen LogP contribution >= 0.6 is 27.5 Å². The van der Waals surface area contributed by atoms with Gasteiger partial charge in [-0.3, -0.25) is 20.4 Å². The number of halogens is 2. The van der Waals surface area contributed by atoms with Crippen LogP contribution in [0.5, 0.6) is 5.75 Å². The zero-order chi connectivity index (χ0) is 23.4. The van der Waals surface area contributed by atoms with Crippen LogP contribution in [0.3, 0.4) is 0 Å². The minimum absolute atomic E-state index is 0.0646. The van der Waals surface area contributed by atoms with E-state index >= 15 is 0 Å². The summed E-state index contributed by atoms with van der Waals surface area (Å²) in [5, 5.41) is 0.626. The van der Waals surface area contributed by atoms with Gasteiger partial charge in [-0.15, -0.1) is 0 Å². The molecule has 6 nitrogen and oxygen atoms in total. The lowest BCUT2D eigenvalue weighted by molar-refractivity contribution is -0.125. The average Bonchev–Trinajstić information content (AvgIpc) is 3.20. The van der Waals surface area contributed by atoms with E-state index in [9.17, 15) is 9.59 Å². The fourth-order valence-corrected chi connectivity index (χ4v) is 4.14. The quantitative estimate of drug-likeness (QED) is 0.398. The number of amides is 2. The van der Waals surface area contributed by atoms with Gasteiger partial charge in [0.2, 0.25) is 11.8 Å². The normalized spacial score (nSPS) is 15.4. The van der Waals surface area contributed by atoms with Crippen LogP contribution in [-0.2, 0) is 16.2 Å². The van der Waals surface area contributed by atoms with Gasteiger partial charge in [0.15, 0.2) is 0 Å². The Kier molecular flexibility index (Phi) is 7.20. The molecule has 33 heavy (non-hydrogen) atoms. The maximum atomic E-state index is 12.8. The molecule has 3 aromatic carbocycles. The molecule has 0 bridgehead atoms. The van der Waals surface area contributed by atoms with Crippen LogP contribution in [0.15, 0.2) is 71.2 Å². The standard InChI is InChI=1S/C25H23BrClN3O3/c1-16-6-9-20(10-7-16)30-14-18(12-24(30)31)25(32)29-28-22-13-19(26)8-11-23(22)33-15-17-4-2-3-5-21(17)27/h2-11,13,18,28H,12,14-15H2,1H3,(H,29,32)/t18-/m0/s1. The minimum Gasteiger partial charge on any atom is -0.487 e. The van der Waals surface area contributed by atoms with Crippen molar-refractivity contribution in [2.75, 3.05) is 16.9 Å². The third-order valence-corrected chi connectivity index (χ3v) is 6.31. The van der Waals surface area contributed by atoms with Crippen molar-refractivity contribution in [1.82, 2.24) is 5.43 Å². The monoisotopic (exact) mass is 527 g/mol. The van der Waals surface area contributed by atoms with Crippen LogP contribution < -0.4 is 20.5 Å². The van der Waals surface area contributed by atoms with Gasteiger partial charge in [-0.1, -0.05) is 63.4 Å². The Hall–Kier alpha value is -3.03. The molecule has 2 N–H and O–H groups in total. The van der Waals surface area contributed by atoms with Gasteiger partial charge in [0, 0.05) is 33.7 Å². The summed E-state index contributed by atoms with van der Waals surface area (Å²) >= 11 is 9.66. The van der Waals surface area contributed by atoms with Crippen LogP contribution in [0.1, 0.15) is 17.5 Å². The fourth-order valence-electron chi connectivity index (χ4n) is 3.59. The van der Waals surface area contributed by atoms with Crippen molar-refractivity contribution in [3.63, 3.8) is 0 Å². The van der Waals surface area contributed by atoms with Crippen LogP contribution in [0.25, 0.3) is 0 Å². The van der Waals surface area contributed by atoms with Crippen molar-refractivity contribution in [2.24, 2.45) is 5.92 Å². The summed E-state index contributed by atoms with van der Waals surface area (Å²) < 4.78 is 6.76. The van der Waals surface area contributed by atoms with E-state index in [1.807, 2.05) is 61.5 Å². The lowest BCUT2D eigenvalue weighted by atomic mass is 10.1. The summed E-state index contributed by atoms with van der Waals surface area (Å²) in [7, 11) is 0. The first kappa shape index (κ1) is 23.1. The highest BCUT2D eigenvalue weighted by atomic mass is 79.9. The maximum absolute atomic E-state index is 12.8. The molecule has 4 rings (SSSR count). The summed E-state index contributed by atoms with van der Waals surface area (Å²) in [6.07, 6.45) is 0.162.